The Balaban J connectivity index is 1.27. The highest BCUT2D eigenvalue weighted by atomic mass is 19.1. The summed E-state index contributed by atoms with van der Waals surface area (Å²) in [7, 11) is 0. The number of amides is 1. The number of pyridine rings is 1. The topological polar surface area (TPSA) is 77.2 Å². The molecule has 0 spiro atoms. The second-order valence-corrected chi connectivity index (χ2v) is 7.08. The van der Waals surface area contributed by atoms with Crippen LogP contribution in [0.4, 0.5) is 15.0 Å². The van der Waals surface area contributed by atoms with E-state index in [2.05, 4.69) is 34.6 Å². The average molecular weight is 403 g/mol. The first-order chi connectivity index (χ1) is 14.6. The van der Waals surface area contributed by atoms with Gasteiger partial charge in [-0.15, -0.1) is 0 Å². The van der Waals surface area contributed by atoms with Crippen LogP contribution in [0, 0.1) is 5.82 Å². The first kappa shape index (κ1) is 19.6. The molecule has 0 aliphatic heterocycles. The SMILES string of the molecule is Nc1ncc(C=CCCNC(=O)OCC2c3ccccc3-c3ccccc32)cc1F. The molecule has 1 aliphatic rings. The lowest BCUT2D eigenvalue weighted by atomic mass is 9.98. The number of aromatic nitrogens is 1. The van der Waals surface area contributed by atoms with E-state index in [1.54, 1.807) is 6.08 Å². The highest BCUT2D eigenvalue weighted by molar-refractivity contribution is 5.79. The number of anilines is 1. The van der Waals surface area contributed by atoms with Crippen LogP contribution in [0.1, 0.15) is 29.0 Å². The molecule has 4 rings (SSSR count). The molecule has 0 atom stereocenters. The second kappa shape index (κ2) is 8.78. The molecular weight excluding hydrogens is 381 g/mol. The lowest BCUT2D eigenvalue weighted by molar-refractivity contribution is 0.143. The minimum absolute atomic E-state index is 0.0379. The van der Waals surface area contributed by atoms with Crippen molar-refractivity contribution in [3.05, 3.63) is 89.4 Å². The second-order valence-electron chi connectivity index (χ2n) is 7.08. The van der Waals surface area contributed by atoms with Crippen molar-refractivity contribution in [3.63, 3.8) is 0 Å². The Hall–Kier alpha value is -3.67. The van der Waals surface area contributed by atoms with Gasteiger partial charge in [-0.3, -0.25) is 0 Å². The van der Waals surface area contributed by atoms with Gasteiger partial charge in [0.25, 0.3) is 0 Å². The molecule has 1 aliphatic carbocycles. The molecule has 5 nitrogen and oxygen atoms in total. The third-order valence-electron chi connectivity index (χ3n) is 5.13. The lowest BCUT2D eigenvalue weighted by Crippen LogP contribution is -2.26. The van der Waals surface area contributed by atoms with Crippen molar-refractivity contribution in [2.24, 2.45) is 0 Å². The van der Waals surface area contributed by atoms with E-state index in [-0.39, 0.29) is 18.3 Å². The van der Waals surface area contributed by atoms with Gasteiger partial charge in [-0.05, 0) is 40.3 Å². The normalized spacial score (nSPS) is 12.6. The minimum Gasteiger partial charge on any atom is -0.449 e. The maximum Gasteiger partial charge on any atom is 0.407 e. The Morgan fingerprint density at radius 2 is 1.80 bits per heavy atom. The van der Waals surface area contributed by atoms with Crippen LogP contribution in [0.15, 0.2) is 66.9 Å². The van der Waals surface area contributed by atoms with E-state index < -0.39 is 11.9 Å². The number of ether oxygens (including phenoxy) is 1. The molecule has 1 aromatic heterocycles. The van der Waals surface area contributed by atoms with Gasteiger partial charge in [-0.1, -0.05) is 60.7 Å². The minimum atomic E-state index is -0.547. The fourth-order valence-corrected chi connectivity index (χ4v) is 3.68. The fraction of sp³-hybridized carbons (Fsp3) is 0.167. The Kier molecular flexibility index (Phi) is 5.75. The fourth-order valence-electron chi connectivity index (χ4n) is 3.68. The van der Waals surface area contributed by atoms with E-state index in [1.807, 2.05) is 30.3 Å². The number of nitrogens with one attached hydrogen (secondary N) is 1. The number of halogens is 1. The largest absolute Gasteiger partial charge is 0.449 e. The highest BCUT2D eigenvalue weighted by Crippen LogP contribution is 2.44. The van der Waals surface area contributed by atoms with E-state index in [1.165, 1.54) is 34.5 Å². The quantitative estimate of drug-likeness (QED) is 0.583. The van der Waals surface area contributed by atoms with Crippen molar-refractivity contribution in [1.82, 2.24) is 10.3 Å². The lowest BCUT2D eigenvalue weighted by Gasteiger charge is -2.14. The number of nitrogens with two attached hydrogens (primary N) is 1. The summed E-state index contributed by atoms with van der Waals surface area (Å²) in [6.07, 6.45) is 5.18. The molecule has 0 fully saturated rings. The summed E-state index contributed by atoms with van der Waals surface area (Å²) in [5.41, 5.74) is 10.7. The first-order valence-electron chi connectivity index (χ1n) is 9.80. The van der Waals surface area contributed by atoms with Gasteiger partial charge in [0.2, 0.25) is 0 Å². The Bertz CT molecular complexity index is 1050. The number of alkyl carbamates (subject to hydrolysis) is 1. The van der Waals surface area contributed by atoms with Crippen LogP contribution < -0.4 is 11.1 Å². The van der Waals surface area contributed by atoms with Crippen LogP contribution >= 0.6 is 0 Å². The predicted octanol–water partition coefficient (Wildman–Crippen LogP) is 4.74. The smallest absolute Gasteiger partial charge is 0.407 e. The molecule has 1 heterocycles. The van der Waals surface area contributed by atoms with Crippen molar-refractivity contribution in [1.29, 1.82) is 0 Å². The van der Waals surface area contributed by atoms with Crippen LogP contribution in [0.2, 0.25) is 0 Å². The van der Waals surface area contributed by atoms with Crippen LogP contribution in [0.3, 0.4) is 0 Å². The van der Waals surface area contributed by atoms with Crippen LogP contribution in [-0.2, 0) is 4.74 Å². The van der Waals surface area contributed by atoms with E-state index in [0.717, 1.165) is 0 Å². The number of carbonyl (C=O) groups is 1. The first-order valence-corrected chi connectivity index (χ1v) is 9.80. The number of hydrogen-bond acceptors (Lipinski definition) is 4. The Morgan fingerprint density at radius 1 is 1.13 bits per heavy atom. The average Bonchev–Trinajstić information content (AvgIpc) is 3.08. The molecule has 6 heteroatoms. The van der Waals surface area contributed by atoms with Crippen molar-refractivity contribution in [2.75, 3.05) is 18.9 Å². The number of nitrogens with zero attached hydrogens (tertiary/aromatic N) is 1. The molecule has 0 saturated heterocycles. The third-order valence-corrected chi connectivity index (χ3v) is 5.13. The molecule has 30 heavy (non-hydrogen) atoms. The maximum absolute atomic E-state index is 13.4. The zero-order valence-electron chi connectivity index (χ0n) is 16.3. The summed E-state index contributed by atoms with van der Waals surface area (Å²) in [6.45, 7) is 0.699. The van der Waals surface area contributed by atoms with Gasteiger partial charge in [0, 0.05) is 18.7 Å². The van der Waals surface area contributed by atoms with Crippen molar-refractivity contribution >= 4 is 18.0 Å². The van der Waals surface area contributed by atoms with Gasteiger partial charge in [-0.25, -0.2) is 14.2 Å². The zero-order valence-corrected chi connectivity index (χ0v) is 16.3. The molecule has 0 unspecified atom stereocenters. The zero-order chi connectivity index (χ0) is 20.9. The van der Waals surface area contributed by atoms with Gasteiger partial charge in [0.1, 0.15) is 6.61 Å². The van der Waals surface area contributed by atoms with Gasteiger partial charge < -0.3 is 15.8 Å². The van der Waals surface area contributed by atoms with Gasteiger partial charge >= 0.3 is 6.09 Å². The van der Waals surface area contributed by atoms with E-state index in [0.29, 0.717) is 18.5 Å². The molecule has 0 bridgehead atoms. The molecule has 3 N–H and O–H groups in total. The summed E-state index contributed by atoms with van der Waals surface area (Å²) in [5.74, 6) is -0.631. The van der Waals surface area contributed by atoms with E-state index >= 15 is 0 Å². The molecule has 152 valence electrons. The third kappa shape index (κ3) is 4.17. The summed E-state index contributed by atoms with van der Waals surface area (Å²) < 4.78 is 18.8. The van der Waals surface area contributed by atoms with Crippen molar-refractivity contribution in [3.8, 4) is 11.1 Å². The van der Waals surface area contributed by atoms with E-state index in [4.69, 9.17) is 10.5 Å². The van der Waals surface area contributed by atoms with Gasteiger partial charge in [-0.2, -0.15) is 0 Å². The number of nitrogen functional groups attached to an aromatic ring is 1. The molecule has 2 aromatic carbocycles. The Morgan fingerprint density at radius 3 is 2.47 bits per heavy atom. The number of rotatable bonds is 6. The number of carbonyl (C=O) groups excluding carboxylic acids is 1. The molecule has 0 radical (unpaired) electrons. The molecule has 1 amide bonds. The standard InChI is InChI=1S/C24H22FN3O2/c25-22-13-16(14-28-23(22)26)7-5-6-12-27-24(29)30-15-21-19-10-3-1-8-17(19)18-9-2-4-11-20(18)21/h1-5,7-11,13-14,21H,6,12,15H2,(H2,26,28)(H,27,29). The van der Waals surface area contributed by atoms with Crippen molar-refractivity contribution < 1.29 is 13.9 Å². The summed E-state index contributed by atoms with van der Waals surface area (Å²) >= 11 is 0. The van der Waals surface area contributed by atoms with Gasteiger partial charge in [0.15, 0.2) is 11.6 Å². The summed E-state index contributed by atoms with van der Waals surface area (Å²) in [5, 5.41) is 2.74. The molecule has 3 aromatic rings. The summed E-state index contributed by atoms with van der Waals surface area (Å²) in [4.78, 5) is 15.9. The maximum atomic E-state index is 13.4. The number of hydrogen-bond donors (Lipinski definition) is 2. The highest BCUT2D eigenvalue weighted by Gasteiger charge is 2.28. The van der Waals surface area contributed by atoms with Gasteiger partial charge in [0.05, 0.1) is 0 Å². The molecule has 0 saturated carbocycles. The van der Waals surface area contributed by atoms with Crippen LogP contribution in [-0.4, -0.2) is 24.2 Å². The number of benzene rings is 2. The van der Waals surface area contributed by atoms with Crippen LogP contribution in [0.5, 0.6) is 0 Å². The van der Waals surface area contributed by atoms with Crippen molar-refractivity contribution in [2.45, 2.75) is 12.3 Å². The number of fused-ring (bicyclic) bond motifs is 3. The summed E-state index contributed by atoms with van der Waals surface area (Å²) in [6, 6.07) is 17.7. The van der Waals surface area contributed by atoms with E-state index in [9.17, 15) is 9.18 Å². The molecular formula is C24H22FN3O2. The predicted molar refractivity (Wildman–Crippen MR) is 115 cm³/mol. The monoisotopic (exact) mass is 403 g/mol. The van der Waals surface area contributed by atoms with Crippen LogP contribution in [0.25, 0.3) is 17.2 Å². The Labute approximate surface area is 174 Å².